The zero-order valence-electron chi connectivity index (χ0n) is 13.8. The van der Waals surface area contributed by atoms with Gasteiger partial charge in [-0.1, -0.05) is 36.4 Å². The van der Waals surface area contributed by atoms with Crippen molar-refractivity contribution >= 4 is 17.5 Å². The Morgan fingerprint density at radius 1 is 1.17 bits per heavy atom. The van der Waals surface area contributed by atoms with Crippen molar-refractivity contribution < 1.29 is 14.3 Å². The number of amides is 2. The molecule has 0 aromatic heterocycles. The van der Waals surface area contributed by atoms with E-state index in [2.05, 4.69) is 5.32 Å². The van der Waals surface area contributed by atoms with Gasteiger partial charge in [-0.05, 0) is 24.6 Å². The second-order valence-corrected chi connectivity index (χ2v) is 5.80. The first kappa shape index (κ1) is 16.1. The van der Waals surface area contributed by atoms with Crippen LogP contribution in [0.3, 0.4) is 0 Å². The zero-order chi connectivity index (χ0) is 17.1. The summed E-state index contributed by atoms with van der Waals surface area (Å²) in [7, 11) is 0. The van der Waals surface area contributed by atoms with Crippen LogP contribution in [-0.4, -0.2) is 25.0 Å². The molecule has 0 spiro atoms. The van der Waals surface area contributed by atoms with Gasteiger partial charge in [0.2, 0.25) is 5.91 Å². The summed E-state index contributed by atoms with van der Waals surface area (Å²) in [6.07, 6.45) is 0. The SMILES string of the molecule is CC(=O)NC1C(=O)N(CCOc2ccccc2)c2c(C)cccc21. The summed E-state index contributed by atoms with van der Waals surface area (Å²) in [5, 5.41) is 2.74. The predicted octanol–water partition coefficient (Wildman–Crippen LogP) is 2.60. The fourth-order valence-electron chi connectivity index (χ4n) is 3.02. The number of para-hydroxylation sites is 2. The molecule has 1 atom stereocenters. The van der Waals surface area contributed by atoms with Gasteiger partial charge in [0.25, 0.3) is 5.91 Å². The molecule has 5 heteroatoms. The number of rotatable bonds is 5. The van der Waals surface area contributed by atoms with Crippen molar-refractivity contribution in [2.75, 3.05) is 18.1 Å². The number of fused-ring (bicyclic) bond motifs is 1. The number of carbonyl (C=O) groups excluding carboxylic acids is 2. The molecule has 1 heterocycles. The third kappa shape index (κ3) is 3.11. The summed E-state index contributed by atoms with van der Waals surface area (Å²) < 4.78 is 5.71. The van der Waals surface area contributed by atoms with E-state index in [9.17, 15) is 9.59 Å². The van der Waals surface area contributed by atoms with Gasteiger partial charge < -0.3 is 15.0 Å². The van der Waals surface area contributed by atoms with Crippen LogP contribution >= 0.6 is 0 Å². The van der Waals surface area contributed by atoms with Gasteiger partial charge in [0.15, 0.2) is 0 Å². The molecule has 2 aromatic carbocycles. The molecule has 1 aliphatic rings. The zero-order valence-corrected chi connectivity index (χ0v) is 13.8. The summed E-state index contributed by atoms with van der Waals surface area (Å²) in [5.74, 6) is 0.432. The largest absolute Gasteiger partial charge is 0.492 e. The maximum Gasteiger partial charge on any atom is 0.254 e. The summed E-state index contributed by atoms with van der Waals surface area (Å²) in [5.41, 5.74) is 2.72. The van der Waals surface area contributed by atoms with E-state index in [-0.39, 0.29) is 11.8 Å². The molecule has 0 bridgehead atoms. The van der Waals surface area contributed by atoms with Crippen molar-refractivity contribution in [3.8, 4) is 5.75 Å². The third-order valence-corrected chi connectivity index (χ3v) is 4.04. The minimum absolute atomic E-state index is 0.119. The van der Waals surface area contributed by atoms with Gasteiger partial charge in [0.1, 0.15) is 18.4 Å². The Labute approximate surface area is 141 Å². The summed E-state index contributed by atoms with van der Waals surface area (Å²) in [6, 6.07) is 14.6. The second-order valence-electron chi connectivity index (χ2n) is 5.80. The Balaban J connectivity index is 1.78. The number of nitrogens with one attached hydrogen (secondary N) is 1. The van der Waals surface area contributed by atoms with Crippen molar-refractivity contribution in [3.63, 3.8) is 0 Å². The van der Waals surface area contributed by atoms with E-state index in [1.807, 2.05) is 55.5 Å². The van der Waals surface area contributed by atoms with Gasteiger partial charge in [-0.15, -0.1) is 0 Å². The van der Waals surface area contributed by atoms with Gasteiger partial charge in [0, 0.05) is 12.5 Å². The lowest BCUT2D eigenvalue weighted by Gasteiger charge is -2.19. The van der Waals surface area contributed by atoms with Crippen molar-refractivity contribution in [2.45, 2.75) is 19.9 Å². The average molecular weight is 324 g/mol. The molecular weight excluding hydrogens is 304 g/mol. The molecular formula is C19H20N2O3. The first-order valence-corrected chi connectivity index (χ1v) is 7.94. The van der Waals surface area contributed by atoms with Crippen molar-refractivity contribution in [1.29, 1.82) is 0 Å². The topological polar surface area (TPSA) is 58.6 Å². The van der Waals surface area contributed by atoms with Crippen LogP contribution in [0.2, 0.25) is 0 Å². The Kier molecular flexibility index (Phi) is 4.51. The summed E-state index contributed by atoms with van der Waals surface area (Å²) in [4.78, 5) is 25.9. The summed E-state index contributed by atoms with van der Waals surface area (Å²) >= 11 is 0. The van der Waals surface area contributed by atoms with E-state index < -0.39 is 6.04 Å². The second kappa shape index (κ2) is 6.74. The number of aryl methyl sites for hydroxylation is 1. The van der Waals surface area contributed by atoms with Gasteiger partial charge in [-0.25, -0.2) is 0 Å². The van der Waals surface area contributed by atoms with Crippen LogP contribution in [0.25, 0.3) is 0 Å². The van der Waals surface area contributed by atoms with E-state index in [1.54, 1.807) is 4.90 Å². The fourth-order valence-corrected chi connectivity index (χ4v) is 3.02. The molecule has 5 nitrogen and oxygen atoms in total. The molecule has 124 valence electrons. The van der Waals surface area contributed by atoms with E-state index in [1.165, 1.54) is 6.92 Å². The number of hydrogen-bond acceptors (Lipinski definition) is 3. The molecule has 1 unspecified atom stereocenters. The fraction of sp³-hybridized carbons (Fsp3) is 0.263. The first-order valence-electron chi connectivity index (χ1n) is 7.94. The van der Waals surface area contributed by atoms with Crippen molar-refractivity contribution in [3.05, 3.63) is 59.7 Å². The lowest BCUT2D eigenvalue weighted by Crippen LogP contribution is -2.38. The molecule has 24 heavy (non-hydrogen) atoms. The number of ether oxygens (including phenoxy) is 1. The highest BCUT2D eigenvalue weighted by Crippen LogP contribution is 2.38. The van der Waals surface area contributed by atoms with Crippen LogP contribution in [0.4, 0.5) is 5.69 Å². The minimum atomic E-state index is -0.617. The lowest BCUT2D eigenvalue weighted by atomic mass is 10.1. The molecule has 0 saturated carbocycles. The maximum atomic E-state index is 12.7. The summed E-state index contributed by atoms with van der Waals surface area (Å²) in [6.45, 7) is 4.20. The Morgan fingerprint density at radius 2 is 1.92 bits per heavy atom. The van der Waals surface area contributed by atoms with Crippen LogP contribution in [0.5, 0.6) is 5.75 Å². The van der Waals surface area contributed by atoms with Crippen LogP contribution in [0, 0.1) is 6.92 Å². The number of carbonyl (C=O) groups is 2. The van der Waals surface area contributed by atoms with Crippen LogP contribution < -0.4 is 15.0 Å². The van der Waals surface area contributed by atoms with E-state index in [0.717, 1.165) is 22.6 Å². The number of anilines is 1. The molecule has 3 rings (SSSR count). The monoisotopic (exact) mass is 324 g/mol. The quantitative estimate of drug-likeness (QED) is 0.920. The van der Waals surface area contributed by atoms with Gasteiger partial charge >= 0.3 is 0 Å². The predicted molar refractivity (Wildman–Crippen MR) is 92.0 cm³/mol. The molecule has 1 N–H and O–H groups in total. The number of hydrogen-bond donors (Lipinski definition) is 1. The number of nitrogens with zero attached hydrogens (tertiary/aromatic N) is 1. The molecule has 0 aliphatic carbocycles. The highest BCUT2D eigenvalue weighted by atomic mass is 16.5. The highest BCUT2D eigenvalue weighted by Gasteiger charge is 2.38. The smallest absolute Gasteiger partial charge is 0.254 e. The molecule has 1 aliphatic heterocycles. The average Bonchev–Trinajstić information content (AvgIpc) is 2.82. The van der Waals surface area contributed by atoms with Gasteiger partial charge in [-0.3, -0.25) is 9.59 Å². The van der Waals surface area contributed by atoms with Gasteiger partial charge in [0.05, 0.1) is 12.2 Å². The van der Waals surface area contributed by atoms with Crippen LogP contribution in [0.15, 0.2) is 48.5 Å². The van der Waals surface area contributed by atoms with Crippen LogP contribution in [0.1, 0.15) is 24.1 Å². The van der Waals surface area contributed by atoms with E-state index >= 15 is 0 Å². The van der Waals surface area contributed by atoms with Gasteiger partial charge in [-0.2, -0.15) is 0 Å². The highest BCUT2D eigenvalue weighted by molar-refractivity contribution is 6.06. The Hall–Kier alpha value is -2.82. The molecule has 0 radical (unpaired) electrons. The molecule has 0 fully saturated rings. The standard InChI is InChI=1S/C19H20N2O3/c1-13-7-6-10-16-17(20-14(2)22)19(23)21(18(13)16)11-12-24-15-8-4-3-5-9-15/h3-10,17H,11-12H2,1-2H3,(H,20,22). The maximum absolute atomic E-state index is 12.7. The van der Waals surface area contributed by atoms with E-state index in [0.29, 0.717) is 13.2 Å². The first-order chi connectivity index (χ1) is 11.6. The van der Waals surface area contributed by atoms with Crippen LogP contribution in [-0.2, 0) is 9.59 Å². The van der Waals surface area contributed by atoms with Crippen molar-refractivity contribution in [1.82, 2.24) is 5.32 Å². The normalized spacial score (nSPS) is 16.0. The lowest BCUT2D eigenvalue weighted by molar-refractivity contribution is -0.126. The third-order valence-electron chi connectivity index (χ3n) is 4.04. The molecule has 0 saturated heterocycles. The molecule has 2 aromatic rings. The molecule has 2 amide bonds. The number of benzene rings is 2. The van der Waals surface area contributed by atoms with Crippen molar-refractivity contribution in [2.24, 2.45) is 0 Å². The Morgan fingerprint density at radius 3 is 2.62 bits per heavy atom. The van der Waals surface area contributed by atoms with E-state index in [4.69, 9.17) is 4.74 Å². The Bertz CT molecular complexity index is 758. The minimum Gasteiger partial charge on any atom is -0.492 e.